The summed E-state index contributed by atoms with van der Waals surface area (Å²) < 4.78 is 0. The molecule has 2 aromatic rings. The summed E-state index contributed by atoms with van der Waals surface area (Å²) in [5.74, 6) is 0. The predicted octanol–water partition coefficient (Wildman–Crippen LogP) is 3.44. The van der Waals surface area contributed by atoms with Crippen molar-refractivity contribution >= 4 is 5.69 Å². The van der Waals surface area contributed by atoms with Gasteiger partial charge < -0.3 is 10.6 Å². The molecule has 0 radical (unpaired) electrons. The molecule has 19 heavy (non-hydrogen) atoms. The Bertz CT molecular complexity index is 514. The number of likely N-dealkylation sites (N-methyl/N-ethyl adjacent to an activating group) is 1. The third-order valence-corrected chi connectivity index (χ3v) is 3.49. The van der Waals surface area contributed by atoms with Crippen molar-refractivity contribution in [2.75, 3.05) is 18.5 Å². The van der Waals surface area contributed by atoms with Crippen LogP contribution in [0.2, 0.25) is 0 Å². The minimum atomic E-state index is 0.211. The van der Waals surface area contributed by atoms with Gasteiger partial charge >= 0.3 is 0 Å². The first-order valence-corrected chi connectivity index (χ1v) is 6.68. The zero-order chi connectivity index (χ0) is 13.8. The molecule has 0 aliphatic carbocycles. The third-order valence-electron chi connectivity index (χ3n) is 3.49. The molecule has 0 fully saturated rings. The average molecular weight is 254 g/mol. The second kappa shape index (κ2) is 5.89. The van der Waals surface area contributed by atoms with Gasteiger partial charge in [0.2, 0.25) is 0 Å². The van der Waals surface area contributed by atoms with Gasteiger partial charge in [0.15, 0.2) is 0 Å². The maximum Gasteiger partial charge on any atom is 0.0661 e. The number of hydrogen-bond acceptors (Lipinski definition) is 2. The molecule has 2 N–H and O–H groups in total. The van der Waals surface area contributed by atoms with Gasteiger partial charge in [0.1, 0.15) is 0 Å². The van der Waals surface area contributed by atoms with Crippen LogP contribution in [0.1, 0.15) is 22.7 Å². The van der Waals surface area contributed by atoms with E-state index in [2.05, 4.69) is 68.3 Å². The molecule has 0 heterocycles. The minimum Gasteiger partial charge on any atom is -0.366 e. The molecule has 100 valence electrons. The molecule has 2 aromatic carbocycles. The molecule has 0 spiro atoms. The number of hydrogen-bond donors (Lipinski definition) is 1. The number of aryl methyl sites for hydroxylation is 2. The molecule has 2 rings (SSSR count). The lowest BCUT2D eigenvalue weighted by atomic mass is 10.0. The first-order chi connectivity index (χ1) is 9.11. The summed E-state index contributed by atoms with van der Waals surface area (Å²) in [6.07, 6.45) is 0. The maximum atomic E-state index is 5.98. The zero-order valence-corrected chi connectivity index (χ0v) is 11.9. The summed E-state index contributed by atoms with van der Waals surface area (Å²) in [7, 11) is 2.11. The normalized spacial score (nSPS) is 12.2. The fraction of sp³-hybridized carbons (Fsp3) is 0.294. The Morgan fingerprint density at radius 1 is 1.00 bits per heavy atom. The smallest absolute Gasteiger partial charge is 0.0661 e. The summed E-state index contributed by atoms with van der Waals surface area (Å²) in [4.78, 5) is 2.26. The first-order valence-electron chi connectivity index (χ1n) is 6.68. The molecule has 0 amide bonds. The molecule has 1 atom stereocenters. The summed E-state index contributed by atoms with van der Waals surface area (Å²) in [6.45, 7) is 4.86. The summed E-state index contributed by atoms with van der Waals surface area (Å²) in [5, 5.41) is 0. The highest BCUT2D eigenvalue weighted by Crippen LogP contribution is 2.26. The molecule has 0 aromatic heterocycles. The fourth-order valence-corrected chi connectivity index (χ4v) is 2.53. The van der Waals surface area contributed by atoms with Crippen LogP contribution in [-0.4, -0.2) is 13.6 Å². The fourth-order valence-electron chi connectivity index (χ4n) is 2.53. The van der Waals surface area contributed by atoms with Crippen molar-refractivity contribution in [1.82, 2.24) is 0 Å². The van der Waals surface area contributed by atoms with Gasteiger partial charge in [-0.2, -0.15) is 0 Å². The van der Waals surface area contributed by atoms with Gasteiger partial charge in [-0.25, -0.2) is 0 Å². The molecule has 0 bridgehead atoms. The van der Waals surface area contributed by atoms with Crippen LogP contribution in [-0.2, 0) is 0 Å². The van der Waals surface area contributed by atoms with E-state index in [1.54, 1.807) is 0 Å². The lowest BCUT2D eigenvalue weighted by molar-refractivity contribution is 0.680. The molecule has 0 aliphatic rings. The van der Waals surface area contributed by atoms with Crippen LogP contribution < -0.4 is 10.6 Å². The molecular formula is C17H22N2. The Balaban J connectivity index is 2.33. The third kappa shape index (κ3) is 3.15. The summed E-state index contributed by atoms with van der Waals surface area (Å²) in [5.41, 5.74) is 11.0. The standard InChI is InChI=1S/C17H22N2/c1-13-9-14(2)11-16(10-13)19(3)17(12-18)15-7-5-4-6-8-15/h4-11,17H,12,18H2,1-3H3. The van der Waals surface area contributed by atoms with Crippen LogP contribution in [0.5, 0.6) is 0 Å². The van der Waals surface area contributed by atoms with Crippen molar-refractivity contribution in [3.63, 3.8) is 0 Å². The van der Waals surface area contributed by atoms with Crippen LogP contribution >= 0.6 is 0 Å². The van der Waals surface area contributed by atoms with Crippen LogP contribution in [0.25, 0.3) is 0 Å². The van der Waals surface area contributed by atoms with Crippen molar-refractivity contribution in [3.8, 4) is 0 Å². The Morgan fingerprint density at radius 2 is 1.58 bits per heavy atom. The van der Waals surface area contributed by atoms with E-state index >= 15 is 0 Å². The van der Waals surface area contributed by atoms with Crippen molar-refractivity contribution in [2.45, 2.75) is 19.9 Å². The lowest BCUT2D eigenvalue weighted by Crippen LogP contribution is -2.30. The Hall–Kier alpha value is -1.80. The largest absolute Gasteiger partial charge is 0.366 e. The Morgan fingerprint density at radius 3 is 2.11 bits per heavy atom. The van der Waals surface area contributed by atoms with Crippen molar-refractivity contribution < 1.29 is 0 Å². The van der Waals surface area contributed by atoms with E-state index in [1.807, 2.05) is 6.07 Å². The molecule has 2 heteroatoms. The SMILES string of the molecule is Cc1cc(C)cc(N(C)C(CN)c2ccccc2)c1. The summed E-state index contributed by atoms with van der Waals surface area (Å²) >= 11 is 0. The monoisotopic (exact) mass is 254 g/mol. The van der Waals surface area contributed by atoms with E-state index in [0.717, 1.165) is 0 Å². The van der Waals surface area contributed by atoms with Crippen molar-refractivity contribution in [2.24, 2.45) is 5.73 Å². The van der Waals surface area contributed by atoms with Gasteiger partial charge in [0.05, 0.1) is 6.04 Å². The average Bonchev–Trinajstić information content (AvgIpc) is 2.39. The zero-order valence-electron chi connectivity index (χ0n) is 11.9. The number of nitrogens with zero attached hydrogens (tertiary/aromatic N) is 1. The maximum absolute atomic E-state index is 5.98. The van der Waals surface area contributed by atoms with Gasteiger partial charge in [-0.15, -0.1) is 0 Å². The highest BCUT2D eigenvalue weighted by molar-refractivity contribution is 5.52. The molecule has 1 unspecified atom stereocenters. The quantitative estimate of drug-likeness (QED) is 0.905. The molecule has 0 aliphatic heterocycles. The van der Waals surface area contributed by atoms with Gasteiger partial charge in [-0.1, -0.05) is 36.4 Å². The lowest BCUT2D eigenvalue weighted by Gasteiger charge is -2.30. The van der Waals surface area contributed by atoms with E-state index in [9.17, 15) is 0 Å². The second-order valence-electron chi connectivity index (χ2n) is 5.12. The van der Waals surface area contributed by atoms with E-state index in [-0.39, 0.29) is 6.04 Å². The molecule has 0 saturated carbocycles. The Kier molecular flexibility index (Phi) is 4.23. The first kappa shape index (κ1) is 13.6. The van der Waals surface area contributed by atoms with Gasteiger partial charge in [-0.05, 0) is 42.7 Å². The van der Waals surface area contributed by atoms with E-state index in [1.165, 1.54) is 22.4 Å². The van der Waals surface area contributed by atoms with Crippen LogP contribution in [0.15, 0.2) is 48.5 Å². The van der Waals surface area contributed by atoms with E-state index in [0.29, 0.717) is 6.54 Å². The van der Waals surface area contributed by atoms with Crippen molar-refractivity contribution in [3.05, 3.63) is 65.2 Å². The Labute approximate surface area is 115 Å². The van der Waals surface area contributed by atoms with Gasteiger partial charge in [0, 0.05) is 19.3 Å². The molecule has 2 nitrogen and oxygen atoms in total. The highest BCUT2D eigenvalue weighted by atomic mass is 15.1. The summed E-state index contributed by atoms with van der Waals surface area (Å²) in [6, 6.07) is 17.2. The second-order valence-corrected chi connectivity index (χ2v) is 5.12. The minimum absolute atomic E-state index is 0.211. The number of nitrogens with two attached hydrogens (primary N) is 1. The van der Waals surface area contributed by atoms with Crippen LogP contribution in [0.3, 0.4) is 0 Å². The topological polar surface area (TPSA) is 29.3 Å². The molecule has 0 saturated heterocycles. The number of benzene rings is 2. The van der Waals surface area contributed by atoms with Crippen LogP contribution in [0, 0.1) is 13.8 Å². The number of anilines is 1. The highest BCUT2D eigenvalue weighted by Gasteiger charge is 2.15. The van der Waals surface area contributed by atoms with Gasteiger partial charge in [0.25, 0.3) is 0 Å². The van der Waals surface area contributed by atoms with Crippen molar-refractivity contribution in [1.29, 1.82) is 0 Å². The van der Waals surface area contributed by atoms with Crippen LogP contribution in [0.4, 0.5) is 5.69 Å². The van der Waals surface area contributed by atoms with E-state index < -0.39 is 0 Å². The van der Waals surface area contributed by atoms with E-state index in [4.69, 9.17) is 5.73 Å². The predicted molar refractivity (Wildman–Crippen MR) is 82.6 cm³/mol. The molecular weight excluding hydrogens is 232 g/mol. The number of rotatable bonds is 4. The van der Waals surface area contributed by atoms with Gasteiger partial charge in [-0.3, -0.25) is 0 Å².